The zero-order valence-electron chi connectivity index (χ0n) is 13.4. The number of aromatic nitrogens is 1. The second-order valence-electron chi connectivity index (χ2n) is 6.12. The van der Waals surface area contributed by atoms with Gasteiger partial charge < -0.3 is 9.64 Å². The summed E-state index contributed by atoms with van der Waals surface area (Å²) in [5.74, 6) is 1.52. The second-order valence-corrected chi connectivity index (χ2v) is 6.12. The minimum Gasteiger partial charge on any atom is -0.490 e. The Labute approximate surface area is 140 Å². The van der Waals surface area contributed by atoms with E-state index in [1.54, 1.807) is 12.1 Å². The molecule has 1 fully saturated rings. The summed E-state index contributed by atoms with van der Waals surface area (Å²) in [7, 11) is 0. The minimum absolute atomic E-state index is 0.173. The van der Waals surface area contributed by atoms with Crippen LogP contribution < -0.4 is 9.64 Å². The molecule has 0 aliphatic carbocycles. The number of pyridine rings is 1. The molecule has 24 heavy (non-hydrogen) atoms. The monoisotopic (exact) mass is 322 g/mol. The fourth-order valence-electron chi connectivity index (χ4n) is 3.14. The Morgan fingerprint density at radius 1 is 0.917 bits per heavy atom. The summed E-state index contributed by atoms with van der Waals surface area (Å²) in [6, 6.07) is 18.6. The largest absolute Gasteiger partial charge is 0.490 e. The summed E-state index contributed by atoms with van der Waals surface area (Å²) in [5, 5.41) is 1.16. The Morgan fingerprint density at radius 3 is 2.46 bits per heavy atom. The fraction of sp³-hybridized carbons (Fsp3) is 0.250. The van der Waals surface area contributed by atoms with Gasteiger partial charge in [-0.1, -0.05) is 18.2 Å². The highest BCUT2D eigenvalue weighted by Gasteiger charge is 2.21. The van der Waals surface area contributed by atoms with Crippen molar-refractivity contribution >= 4 is 16.7 Å². The summed E-state index contributed by atoms with van der Waals surface area (Å²) in [4.78, 5) is 7.06. The first kappa shape index (κ1) is 14.9. The highest BCUT2D eigenvalue weighted by molar-refractivity contribution is 5.80. The minimum atomic E-state index is -0.237. The number of anilines is 1. The molecule has 0 N–H and O–H groups in total. The maximum Gasteiger partial charge on any atom is 0.129 e. The van der Waals surface area contributed by atoms with Gasteiger partial charge in [0.15, 0.2) is 0 Å². The lowest BCUT2D eigenvalue weighted by Gasteiger charge is -2.33. The van der Waals surface area contributed by atoms with E-state index < -0.39 is 0 Å². The van der Waals surface area contributed by atoms with Gasteiger partial charge in [-0.15, -0.1) is 0 Å². The number of nitrogens with zero attached hydrogens (tertiary/aromatic N) is 2. The summed E-state index contributed by atoms with van der Waals surface area (Å²) in [5.41, 5.74) is 1.03. The summed E-state index contributed by atoms with van der Waals surface area (Å²) < 4.78 is 18.9. The molecule has 1 aliphatic heterocycles. The van der Waals surface area contributed by atoms with Crippen molar-refractivity contribution in [2.75, 3.05) is 18.0 Å². The van der Waals surface area contributed by atoms with Gasteiger partial charge in [0.1, 0.15) is 23.5 Å². The van der Waals surface area contributed by atoms with Crippen LogP contribution in [0.3, 0.4) is 0 Å². The van der Waals surface area contributed by atoms with E-state index >= 15 is 0 Å². The van der Waals surface area contributed by atoms with E-state index in [2.05, 4.69) is 23.1 Å². The Bertz CT molecular complexity index is 826. The normalized spacial score (nSPS) is 15.6. The van der Waals surface area contributed by atoms with Crippen LogP contribution in [-0.2, 0) is 0 Å². The smallest absolute Gasteiger partial charge is 0.129 e. The van der Waals surface area contributed by atoms with Gasteiger partial charge in [-0.25, -0.2) is 9.37 Å². The molecule has 2 aromatic carbocycles. The molecule has 0 saturated carbocycles. The van der Waals surface area contributed by atoms with Crippen LogP contribution in [-0.4, -0.2) is 24.2 Å². The van der Waals surface area contributed by atoms with Crippen LogP contribution in [0.15, 0.2) is 60.7 Å². The van der Waals surface area contributed by atoms with Crippen LogP contribution in [0.5, 0.6) is 5.75 Å². The first-order valence-electron chi connectivity index (χ1n) is 8.31. The van der Waals surface area contributed by atoms with Crippen molar-refractivity contribution in [1.29, 1.82) is 0 Å². The van der Waals surface area contributed by atoms with Crippen LogP contribution in [0.1, 0.15) is 12.8 Å². The molecule has 1 aromatic heterocycles. The lowest BCUT2D eigenvalue weighted by Crippen LogP contribution is -2.38. The molecular weight excluding hydrogens is 303 g/mol. The molecule has 4 rings (SSSR count). The topological polar surface area (TPSA) is 25.4 Å². The van der Waals surface area contributed by atoms with E-state index in [0.29, 0.717) is 0 Å². The highest BCUT2D eigenvalue weighted by Crippen LogP contribution is 2.24. The first-order valence-corrected chi connectivity index (χ1v) is 8.31. The number of ether oxygens (including phenoxy) is 1. The maximum atomic E-state index is 12.9. The average Bonchev–Trinajstić information content (AvgIpc) is 2.64. The standard InChI is InChI=1S/C20H19FN2O/c21-16-6-8-17(9-7-16)24-18-11-13-23(14-12-18)20-10-5-15-3-1-2-4-19(15)22-20/h1-10,18H,11-14H2. The number of rotatable bonds is 3. The molecule has 0 amide bonds. The summed E-state index contributed by atoms with van der Waals surface area (Å²) in [6.07, 6.45) is 2.05. The summed E-state index contributed by atoms with van der Waals surface area (Å²) >= 11 is 0. The van der Waals surface area contributed by atoms with Gasteiger partial charge >= 0.3 is 0 Å². The van der Waals surface area contributed by atoms with E-state index in [0.717, 1.165) is 48.4 Å². The third kappa shape index (κ3) is 3.18. The Morgan fingerprint density at radius 2 is 1.67 bits per heavy atom. The molecule has 0 radical (unpaired) electrons. The Hall–Kier alpha value is -2.62. The van der Waals surface area contributed by atoms with Gasteiger partial charge in [0.2, 0.25) is 0 Å². The lowest BCUT2D eigenvalue weighted by molar-refractivity contribution is 0.170. The quantitative estimate of drug-likeness (QED) is 0.713. The van der Waals surface area contributed by atoms with Crippen LogP contribution in [0.2, 0.25) is 0 Å². The van der Waals surface area contributed by atoms with Gasteiger partial charge in [-0.2, -0.15) is 0 Å². The number of benzene rings is 2. The van der Waals surface area contributed by atoms with E-state index in [1.165, 1.54) is 12.1 Å². The SMILES string of the molecule is Fc1ccc(OC2CCN(c3ccc4ccccc4n3)CC2)cc1. The van der Waals surface area contributed by atoms with Crippen LogP contribution in [0.4, 0.5) is 10.2 Å². The molecule has 0 atom stereocenters. The Balaban J connectivity index is 1.40. The van der Waals surface area contributed by atoms with Crippen LogP contribution >= 0.6 is 0 Å². The molecule has 0 bridgehead atoms. The van der Waals surface area contributed by atoms with E-state index in [-0.39, 0.29) is 11.9 Å². The van der Waals surface area contributed by atoms with Crippen molar-refractivity contribution in [2.45, 2.75) is 18.9 Å². The maximum absolute atomic E-state index is 12.9. The highest BCUT2D eigenvalue weighted by atomic mass is 19.1. The molecule has 122 valence electrons. The molecule has 0 unspecified atom stereocenters. The summed E-state index contributed by atoms with van der Waals surface area (Å²) in [6.45, 7) is 1.83. The molecule has 3 aromatic rings. The number of hydrogen-bond donors (Lipinski definition) is 0. The van der Waals surface area contributed by atoms with Crippen molar-refractivity contribution in [3.8, 4) is 5.75 Å². The van der Waals surface area contributed by atoms with E-state index in [4.69, 9.17) is 9.72 Å². The molecule has 1 aliphatic rings. The molecule has 1 saturated heterocycles. The third-order valence-electron chi connectivity index (χ3n) is 4.47. The van der Waals surface area contributed by atoms with Gasteiger partial charge in [0.25, 0.3) is 0 Å². The fourth-order valence-corrected chi connectivity index (χ4v) is 3.14. The van der Waals surface area contributed by atoms with E-state index in [9.17, 15) is 4.39 Å². The van der Waals surface area contributed by atoms with Gasteiger partial charge in [0, 0.05) is 31.3 Å². The molecule has 4 heteroatoms. The second kappa shape index (κ2) is 6.48. The average molecular weight is 322 g/mol. The van der Waals surface area contributed by atoms with Gasteiger partial charge in [-0.3, -0.25) is 0 Å². The molecule has 0 spiro atoms. The van der Waals surface area contributed by atoms with Crippen molar-refractivity contribution in [2.24, 2.45) is 0 Å². The van der Waals surface area contributed by atoms with Crippen molar-refractivity contribution in [3.63, 3.8) is 0 Å². The number of piperidine rings is 1. The Kier molecular flexibility index (Phi) is 4.03. The predicted molar refractivity (Wildman–Crippen MR) is 94.0 cm³/mol. The number of halogens is 1. The van der Waals surface area contributed by atoms with Crippen molar-refractivity contribution in [1.82, 2.24) is 4.98 Å². The number of fused-ring (bicyclic) bond motifs is 1. The molecule has 2 heterocycles. The zero-order valence-corrected chi connectivity index (χ0v) is 13.4. The van der Waals surface area contributed by atoms with Crippen molar-refractivity contribution < 1.29 is 9.13 Å². The van der Waals surface area contributed by atoms with Crippen LogP contribution in [0.25, 0.3) is 10.9 Å². The lowest BCUT2D eigenvalue weighted by atomic mass is 10.1. The zero-order chi connectivity index (χ0) is 16.4. The van der Waals surface area contributed by atoms with Crippen molar-refractivity contribution in [3.05, 3.63) is 66.5 Å². The third-order valence-corrected chi connectivity index (χ3v) is 4.47. The number of hydrogen-bond acceptors (Lipinski definition) is 3. The first-order chi connectivity index (χ1) is 11.8. The van der Waals surface area contributed by atoms with Crippen LogP contribution in [0, 0.1) is 5.82 Å². The molecule has 3 nitrogen and oxygen atoms in total. The molecular formula is C20H19FN2O. The van der Waals surface area contributed by atoms with E-state index in [1.807, 2.05) is 18.2 Å². The van der Waals surface area contributed by atoms with Gasteiger partial charge in [0.05, 0.1) is 5.52 Å². The number of para-hydroxylation sites is 1. The predicted octanol–water partition coefficient (Wildman–Crippen LogP) is 4.42. The van der Waals surface area contributed by atoms with Gasteiger partial charge in [-0.05, 0) is 42.5 Å².